The number of aliphatic hydroxyl groups is 1. The Morgan fingerprint density at radius 3 is 2.52 bits per heavy atom. The van der Waals surface area contributed by atoms with E-state index in [0.29, 0.717) is 22.2 Å². The van der Waals surface area contributed by atoms with Crippen LogP contribution in [0.4, 0.5) is 17.6 Å². The Morgan fingerprint density at radius 2 is 1.90 bits per heavy atom. The number of carbonyl (C=O) groups is 1. The summed E-state index contributed by atoms with van der Waals surface area (Å²) in [5, 5.41) is 13.2. The standard InChI is InChI=1S/C27H31F4N3O5S/c1-2-40(37,38)22-6-3-18(4-7-22)23(16-35)32-26(36)19-5-8-24-20(13-19)14-21(34(24)10-9-28)15-33-11-12-39-17-25(33)27(29,30)31/h3-8,13-14,23,25,35H,2,9-12,15-17H2,1H3,(H,32,36). The number of ether oxygens (including phenoxy) is 1. The van der Waals surface area contributed by atoms with E-state index in [9.17, 15) is 35.9 Å². The van der Waals surface area contributed by atoms with Gasteiger partial charge in [-0.2, -0.15) is 13.2 Å². The number of morpholine rings is 1. The van der Waals surface area contributed by atoms with Gasteiger partial charge in [0.1, 0.15) is 12.7 Å². The number of aromatic nitrogens is 1. The van der Waals surface area contributed by atoms with Crippen molar-refractivity contribution >= 4 is 26.6 Å². The van der Waals surface area contributed by atoms with E-state index in [4.69, 9.17) is 4.74 Å². The topological polar surface area (TPSA) is 101 Å². The molecule has 2 N–H and O–H groups in total. The summed E-state index contributed by atoms with van der Waals surface area (Å²) in [5.41, 5.74) is 1.80. The van der Waals surface area contributed by atoms with Crippen molar-refractivity contribution in [3.8, 4) is 0 Å². The number of aliphatic hydroxyl groups excluding tert-OH is 1. The Hall–Kier alpha value is -3.00. The van der Waals surface area contributed by atoms with Crippen LogP contribution in [0.1, 0.15) is 34.6 Å². The lowest BCUT2D eigenvalue weighted by Crippen LogP contribution is -2.53. The zero-order valence-electron chi connectivity index (χ0n) is 21.8. The Balaban J connectivity index is 1.57. The van der Waals surface area contributed by atoms with Crippen molar-refractivity contribution in [1.82, 2.24) is 14.8 Å². The zero-order valence-corrected chi connectivity index (χ0v) is 22.6. The molecule has 1 fully saturated rings. The number of benzene rings is 2. The number of hydrogen-bond donors (Lipinski definition) is 2. The average molecular weight is 586 g/mol. The van der Waals surface area contributed by atoms with Crippen LogP contribution >= 0.6 is 0 Å². The number of rotatable bonds is 10. The van der Waals surface area contributed by atoms with Crippen molar-refractivity contribution in [3.63, 3.8) is 0 Å². The van der Waals surface area contributed by atoms with Gasteiger partial charge in [0.15, 0.2) is 9.84 Å². The summed E-state index contributed by atoms with van der Waals surface area (Å²) in [4.78, 5) is 14.5. The van der Waals surface area contributed by atoms with Gasteiger partial charge in [-0.25, -0.2) is 12.8 Å². The van der Waals surface area contributed by atoms with Gasteiger partial charge in [0.25, 0.3) is 5.91 Å². The summed E-state index contributed by atoms with van der Waals surface area (Å²) in [6, 6.07) is 9.66. The van der Waals surface area contributed by atoms with E-state index in [0.717, 1.165) is 0 Å². The first-order chi connectivity index (χ1) is 19.0. The fourth-order valence-electron chi connectivity index (χ4n) is 4.84. The Kier molecular flexibility index (Phi) is 9.18. The first kappa shape index (κ1) is 30.0. The summed E-state index contributed by atoms with van der Waals surface area (Å²) in [6.45, 7) is 0.00797. The molecule has 0 aliphatic carbocycles. The Labute approximate surface area is 229 Å². The lowest BCUT2D eigenvalue weighted by Gasteiger charge is -2.36. The van der Waals surface area contributed by atoms with Gasteiger partial charge in [-0.3, -0.25) is 9.69 Å². The fraction of sp³-hybridized carbons (Fsp3) is 0.444. The maximum absolute atomic E-state index is 13.6. The number of sulfone groups is 1. The van der Waals surface area contributed by atoms with Crippen LogP contribution in [-0.4, -0.2) is 79.9 Å². The molecule has 0 bridgehead atoms. The largest absolute Gasteiger partial charge is 0.406 e. The van der Waals surface area contributed by atoms with Crippen molar-refractivity contribution in [2.45, 2.75) is 43.2 Å². The molecule has 1 saturated heterocycles. The number of halogens is 4. The molecule has 13 heteroatoms. The second-order valence-corrected chi connectivity index (χ2v) is 11.8. The van der Waals surface area contributed by atoms with Crippen LogP contribution in [0.15, 0.2) is 53.4 Å². The van der Waals surface area contributed by atoms with Crippen LogP contribution in [0, 0.1) is 0 Å². The predicted molar refractivity (Wildman–Crippen MR) is 140 cm³/mol. The van der Waals surface area contributed by atoms with Gasteiger partial charge in [-0.1, -0.05) is 19.1 Å². The second-order valence-electron chi connectivity index (χ2n) is 9.53. The molecule has 1 aliphatic heterocycles. The molecule has 0 spiro atoms. The minimum atomic E-state index is -4.48. The monoisotopic (exact) mass is 585 g/mol. The molecular weight excluding hydrogens is 554 g/mol. The van der Waals surface area contributed by atoms with Gasteiger partial charge >= 0.3 is 6.18 Å². The lowest BCUT2D eigenvalue weighted by molar-refractivity contribution is -0.213. The van der Waals surface area contributed by atoms with Gasteiger partial charge < -0.3 is 19.7 Å². The molecule has 2 unspecified atom stereocenters. The quantitative estimate of drug-likeness (QED) is 0.353. The first-order valence-electron chi connectivity index (χ1n) is 12.8. The van der Waals surface area contributed by atoms with Crippen LogP contribution in [0.2, 0.25) is 0 Å². The van der Waals surface area contributed by atoms with Crippen molar-refractivity contribution in [1.29, 1.82) is 0 Å². The first-order valence-corrected chi connectivity index (χ1v) is 14.4. The number of nitrogens with one attached hydrogen (secondary N) is 1. The molecule has 0 saturated carbocycles. The third-order valence-corrected chi connectivity index (χ3v) is 8.80. The van der Waals surface area contributed by atoms with E-state index in [1.807, 2.05) is 0 Å². The highest BCUT2D eigenvalue weighted by molar-refractivity contribution is 7.91. The summed E-state index contributed by atoms with van der Waals surface area (Å²) in [7, 11) is -3.40. The Morgan fingerprint density at radius 1 is 1.18 bits per heavy atom. The fourth-order valence-corrected chi connectivity index (χ4v) is 5.72. The number of amides is 1. The molecule has 0 radical (unpaired) electrons. The molecule has 2 atom stereocenters. The summed E-state index contributed by atoms with van der Waals surface area (Å²) in [6.07, 6.45) is -4.48. The number of fused-ring (bicyclic) bond motifs is 1. The van der Waals surface area contributed by atoms with Gasteiger partial charge in [-0.05, 0) is 42.0 Å². The molecule has 2 heterocycles. The van der Waals surface area contributed by atoms with Crippen molar-refractivity contribution < 1.29 is 40.6 Å². The smallest absolute Gasteiger partial charge is 0.394 e. The van der Waals surface area contributed by atoms with E-state index in [1.165, 1.54) is 42.2 Å². The number of nitrogens with zero attached hydrogens (tertiary/aromatic N) is 2. The van der Waals surface area contributed by atoms with Crippen LogP contribution in [0.25, 0.3) is 10.9 Å². The second kappa shape index (κ2) is 12.2. The maximum Gasteiger partial charge on any atom is 0.406 e. The van der Waals surface area contributed by atoms with E-state index >= 15 is 0 Å². The SMILES string of the molecule is CCS(=O)(=O)c1ccc(C(CO)NC(=O)c2ccc3c(c2)cc(CN2CCOCC2C(F)(F)F)n3CCF)cc1. The summed E-state index contributed by atoms with van der Waals surface area (Å²) in [5.74, 6) is -0.574. The number of hydrogen-bond acceptors (Lipinski definition) is 6. The van der Waals surface area contributed by atoms with Gasteiger partial charge in [-0.15, -0.1) is 0 Å². The minimum Gasteiger partial charge on any atom is -0.394 e. The molecule has 40 heavy (non-hydrogen) atoms. The summed E-state index contributed by atoms with van der Waals surface area (Å²) >= 11 is 0. The molecular formula is C27H31F4N3O5S. The average Bonchev–Trinajstić information content (AvgIpc) is 3.27. The molecule has 2 aromatic carbocycles. The minimum absolute atomic E-state index is 0.0538. The normalized spacial score (nSPS) is 17.7. The van der Waals surface area contributed by atoms with Crippen molar-refractivity contribution in [2.75, 3.05) is 38.8 Å². The predicted octanol–water partition coefficient (Wildman–Crippen LogP) is 3.63. The molecule has 1 aliphatic rings. The summed E-state index contributed by atoms with van der Waals surface area (Å²) < 4.78 is 84.9. The molecule has 1 amide bonds. The lowest BCUT2D eigenvalue weighted by atomic mass is 10.1. The number of aryl methyl sites for hydroxylation is 1. The molecule has 3 aromatic rings. The number of alkyl halides is 4. The number of carbonyl (C=O) groups excluding carboxylic acids is 1. The van der Waals surface area contributed by atoms with Crippen LogP contribution in [-0.2, 0) is 27.7 Å². The van der Waals surface area contributed by atoms with Crippen molar-refractivity contribution in [3.05, 3.63) is 65.4 Å². The van der Waals surface area contributed by atoms with E-state index in [2.05, 4.69) is 5.32 Å². The van der Waals surface area contributed by atoms with Gasteiger partial charge in [0.2, 0.25) is 0 Å². The Bertz CT molecular complexity index is 1440. The highest BCUT2D eigenvalue weighted by Crippen LogP contribution is 2.30. The van der Waals surface area contributed by atoms with Crippen LogP contribution in [0.3, 0.4) is 0 Å². The molecule has 8 nitrogen and oxygen atoms in total. The van der Waals surface area contributed by atoms with Crippen LogP contribution in [0.5, 0.6) is 0 Å². The van der Waals surface area contributed by atoms with E-state index in [-0.39, 0.29) is 42.5 Å². The van der Waals surface area contributed by atoms with E-state index in [1.54, 1.807) is 22.8 Å². The zero-order chi connectivity index (χ0) is 29.1. The molecule has 4 rings (SSSR count). The van der Waals surface area contributed by atoms with Crippen LogP contribution < -0.4 is 5.32 Å². The highest BCUT2D eigenvalue weighted by Gasteiger charge is 2.45. The van der Waals surface area contributed by atoms with Gasteiger partial charge in [0.05, 0.1) is 43.1 Å². The third-order valence-electron chi connectivity index (χ3n) is 7.05. The van der Waals surface area contributed by atoms with E-state index < -0.39 is 53.9 Å². The van der Waals surface area contributed by atoms with Crippen molar-refractivity contribution in [2.24, 2.45) is 0 Å². The molecule has 1 aromatic heterocycles. The highest BCUT2D eigenvalue weighted by atomic mass is 32.2. The van der Waals surface area contributed by atoms with Gasteiger partial charge in [0, 0.05) is 35.2 Å². The molecule has 218 valence electrons. The maximum atomic E-state index is 13.6. The third kappa shape index (κ3) is 6.48.